The molecule has 1 saturated heterocycles. The van der Waals surface area contributed by atoms with E-state index in [4.69, 9.17) is 35.3 Å². The molecule has 2 aromatic heterocycles. The van der Waals surface area contributed by atoms with Crippen molar-refractivity contribution in [3.05, 3.63) is 64.8 Å². The van der Waals surface area contributed by atoms with E-state index in [0.29, 0.717) is 108 Å². The van der Waals surface area contributed by atoms with E-state index in [-0.39, 0.29) is 24.5 Å². The van der Waals surface area contributed by atoms with Gasteiger partial charge >= 0.3 is 11.9 Å². The van der Waals surface area contributed by atoms with Gasteiger partial charge in [-0.1, -0.05) is 0 Å². The van der Waals surface area contributed by atoms with E-state index >= 15 is 0 Å². The molecule has 0 saturated carbocycles. The third-order valence-corrected chi connectivity index (χ3v) is 6.63. The van der Waals surface area contributed by atoms with E-state index in [1.165, 1.54) is 23.3 Å². The van der Waals surface area contributed by atoms with E-state index in [1.54, 1.807) is 13.1 Å². The second-order valence-electron chi connectivity index (χ2n) is 10.6. The summed E-state index contributed by atoms with van der Waals surface area (Å²) in [4.78, 5) is 35.3. The molecule has 0 unspecified atom stereocenters. The Labute approximate surface area is 272 Å². The van der Waals surface area contributed by atoms with Crippen LogP contribution in [0.3, 0.4) is 0 Å². The van der Waals surface area contributed by atoms with Crippen LogP contribution in [0.1, 0.15) is 32.4 Å². The lowest BCUT2D eigenvalue weighted by molar-refractivity contribution is 0.00595. The van der Waals surface area contributed by atoms with Gasteiger partial charge in [0.2, 0.25) is 0 Å². The Hall–Kier alpha value is -3.97. The van der Waals surface area contributed by atoms with Crippen molar-refractivity contribution in [3.63, 3.8) is 0 Å². The third kappa shape index (κ3) is 15.0. The first kappa shape index (κ1) is 37.5. The first-order valence-corrected chi connectivity index (χ1v) is 15.0. The number of aromatic nitrogens is 2. The monoisotopic (exact) mass is 665 g/mol. The normalized spacial score (nSPS) is 17.4. The van der Waals surface area contributed by atoms with Crippen molar-refractivity contribution in [2.24, 2.45) is 11.6 Å². The summed E-state index contributed by atoms with van der Waals surface area (Å²) in [6.07, 6.45) is 1.49. The molecule has 0 radical (unpaired) electrons. The molecule has 0 spiro atoms. The van der Waals surface area contributed by atoms with Gasteiger partial charge in [-0.25, -0.2) is 29.8 Å². The van der Waals surface area contributed by atoms with Crippen molar-refractivity contribution in [1.29, 1.82) is 0 Å². The Bertz CT molecular complexity index is 1300. The van der Waals surface area contributed by atoms with Gasteiger partial charge in [0.25, 0.3) is 0 Å². The van der Waals surface area contributed by atoms with Crippen LogP contribution in [-0.2, 0) is 32.0 Å². The van der Waals surface area contributed by atoms with Gasteiger partial charge in [-0.15, -0.1) is 0 Å². The summed E-state index contributed by atoms with van der Waals surface area (Å²) in [5, 5.41) is 20.1. The Morgan fingerprint density at radius 3 is 1.72 bits per heavy atom. The maximum absolute atomic E-state index is 14.0. The maximum atomic E-state index is 14.0. The minimum Gasteiger partial charge on any atom is -0.487 e. The summed E-state index contributed by atoms with van der Waals surface area (Å²) in [5.41, 5.74) is 6.53. The number of carboxylic acid groups (broad SMARTS) is 2. The summed E-state index contributed by atoms with van der Waals surface area (Å²) >= 11 is 0. The molecular weight excluding hydrogens is 621 g/mol. The fourth-order valence-electron chi connectivity index (χ4n) is 4.46. The molecular formula is C30H44FN7O9. The van der Waals surface area contributed by atoms with E-state index in [2.05, 4.69) is 9.97 Å². The highest BCUT2D eigenvalue weighted by atomic mass is 19.1. The molecule has 0 aromatic carbocycles. The van der Waals surface area contributed by atoms with Crippen molar-refractivity contribution >= 4 is 11.9 Å². The van der Waals surface area contributed by atoms with Crippen LogP contribution >= 0.6 is 0 Å². The molecule has 16 nitrogen and oxygen atoms in total. The summed E-state index contributed by atoms with van der Waals surface area (Å²) in [6, 6.07) is 5.10. The minimum absolute atomic E-state index is 0.00939. The van der Waals surface area contributed by atoms with E-state index < -0.39 is 17.8 Å². The summed E-state index contributed by atoms with van der Waals surface area (Å²) in [6.45, 7) is 5.40. The molecule has 3 rings (SSSR count). The van der Waals surface area contributed by atoms with Gasteiger partial charge in [0.05, 0.1) is 69.9 Å². The quantitative estimate of drug-likeness (QED) is 0.200. The molecule has 0 atom stereocenters. The number of hydrogen-bond acceptors (Lipinski definition) is 14. The topological polar surface area (TPSA) is 208 Å². The summed E-state index contributed by atoms with van der Waals surface area (Å²) in [7, 11) is 1.62. The number of nitrogens with zero attached hydrogens (tertiary/aromatic N) is 5. The van der Waals surface area contributed by atoms with Crippen molar-refractivity contribution in [2.75, 3.05) is 92.7 Å². The number of halogens is 1. The fraction of sp³-hybridized carbons (Fsp3) is 0.533. The average Bonchev–Trinajstić information content (AvgIpc) is 3.01. The molecule has 3 heterocycles. The highest BCUT2D eigenvalue weighted by Crippen LogP contribution is 2.17. The lowest BCUT2D eigenvalue weighted by Crippen LogP contribution is -2.33. The van der Waals surface area contributed by atoms with Crippen LogP contribution in [0, 0.1) is 5.82 Å². The number of nitrogens with two attached hydrogens (primary N) is 2. The Kier molecular flexibility index (Phi) is 16.2. The average molecular weight is 666 g/mol. The first-order valence-electron chi connectivity index (χ1n) is 15.0. The SMILES string of the molecule is CN(N)/C=C(\N)COc1cc(CN2CCOCCOCCN(Cc3cc(F)cc(C(=O)O)n3)CCOCCOCC2)nc(C(=O)O)c1. The molecule has 1 aliphatic rings. The highest BCUT2D eigenvalue weighted by Gasteiger charge is 2.15. The molecule has 6 N–H and O–H groups in total. The van der Waals surface area contributed by atoms with Gasteiger partial charge in [0, 0.05) is 70.7 Å². The second-order valence-corrected chi connectivity index (χ2v) is 10.6. The first-order chi connectivity index (χ1) is 22.6. The van der Waals surface area contributed by atoms with E-state index in [9.17, 15) is 24.2 Å². The number of carbonyl (C=O) groups is 2. The minimum atomic E-state index is -1.30. The maximum Gasteiger partial charge on any atom is 0.354 e. The van der Waals surface area contributed by atoms with Gasteiger partial charge in [-0.2, -0.15) is 0 Å². The van der Waals surface area contributed by atoms with Gasteiger partial charge < -0.3 is 44.6 Å². The van der Waals surface area contributed by atoms with Crippen molar-refractivity contribution in [1.82, 2.24) is 24.8 Å². The van der Waals surface area contributed by atoms with Gasteiger partial charge in [-0.05, 0) is 6.07 Å². The summed E-state index contributed by atoms with van der Waals surface area (Å²) in [5.74, 6) is 2.73. The molecule has 2 aromatic rings. The zero-order chi connectivity index (χ0) is 34.0. The Balaban J connectivity index is 1.56. The number of pyridine rings is 2. The number of hydrogen-bond donors (Lipinski definition) is 4. The van der Waals surface area contributed by atoms with Crippen molar-refractivity contribution < 1.29 is 47.9 Å². The fourth-order valence-corrected chi connectivity index (χ4v) is 4.46. The van der Waals surface area contributed by atoms with Gasteiger partial charge in [0.1, 0.15) is 18.2 Å². The predicted molar refractivity (Wildman–Crippen MR) is 166 cm³/mol. The summed E-state index contributed by atoms with van der Waals surface area (Å²) < 4.78 is 42.7. The molecule has 1 aliphatic heterocycles. The van der Waals surface area contributed by atoms with Crippen LogP contribution in [-0.4, -0.2) is 140 Å². The largest absolute Gasteiger partial charge is 0.487 e. The van der Waals surface area contributed by atoms with Crippen LogP contribution in [0.2, 0.25) is 0 Å². The predicted octanol–water partition coefficient (Wildman–Crippen LogP) is 0.381. The van der Waals surface area contributed by atoms with Gasteiger partial charge in [-0.3, -0.25) is 9.80 Å². The lowest BCUT2D eigenvalue weighted by atomic mass is 10.2. The molecule has 0 bridgehead atoms. The van der Waals surface area contributed by atoms with E-state index in [0.717, 1.165) is 6.07 Å². The van der Waals surface area contributed by atoms with E-state index in [1.807, 2.05) is 9.80 Å². The van der Waals surface area contributed by atoms with Gasteiger partial charge in [0.15, 0.2) is 11.4 Å². The smallest absolute Gasteiger partial charge is 0.354 e. The van der Waals surface area contributed by atoms with Crippen LogP contribution in [0.25, 0.3) is 0 Å². The molecule has 260 valence electrons. The van der Waals surface area contributed by atoms with Crippen molar-refractivity contribution in [2.45, 2.75) is 13.1 Å². The van der Waals surface area contributed by atoms with Crippen LogP contribution in [0.15, 0.2) is 36.2 Å². The number of carboxylic acids is 2. The third-order valence-electron chi connectivity index (χ3n) is 6.63. The number of hydrazine groups is 1. The highest BCUT2D eigenvalue weighted by molar-refractivity contribution is 5.86. The number of rotatable bonds is 10. The van der Waals surface area contributed by atoms with Crippen LogP contribution < -0.4 is 16.3 Å². The number of ether oxygens (including phenoxy) is 5. The molecule has 1 fully saturated rings. The molecule has 47 heavy (non-hydrogen) atoms. The lowest BCUT2D eigenvalue weighted by Gasteiger charge is -2.23. The molecule has 0 aliphatic carbocycles. The molecule has 17 heteroatoms. The number of aromatic carboxylic acids is 2. The zero-order valence-electron chi connectivity index (χ0n) is 26.5. The standard InChI is InChI=1S/C30H44FN7O9/c1-36(33)18-23(32)21-47-26-16-25(35-28(17-26)30(41)42)20-38-4-8-45-12-10-43-6-2-37(3-7-44-11-13-46-9-5-38)19-24-14-22(31)15-27(34-24)29(39)40/h14-18H,2-13,19-21,32-33H2,1H3,(H,39,40)(H,41,42)/b23-18-. The second kappa shape index (κ2) is 20.3. The molecule has 0 amide bonds. The van der Waals surface area contributed by atoms with Crippen LogP contribution in [0.5, 0.6) is 5.75 Å². The Morgan fingerprint density at radius 2 is 1.28 bits per heavy atom. The van der Waals surface area contributed by atoms with Crippen molar-refractivity contribution in [3.8, 4) is 5.75 Å². The van der Waals surface area contributed by atoms with Crippen LogP contribution in [0.4, 0.5) is 4.39 Å². The zero-order valence-corrected chi connectivity index (χ0v) is 26.5. The Morgan fingerprint density at radius 1 is 0.830 bits per heavy atom.